The summed E-state index contributed by atoms with van der Waals surface area (Å²) in [5.41, 5.74) is 2.70. The molecule has 0 radical (unpaired) electrons. The first kappa shape index (κ1) is 16.7. The Kier molecular flexibility index (Phi) is 5.51. The Labute approximate surface area is 135 Å². The quantitative estimate of drug-likeness (QED) is 0.873. The van der Waals surface area contributed by atoms with E-state index in [1.165, 1.54) is 17.0 Å². The van der Waals surface area contributed by atoms with E-state index in [9.17, 15) is 9.59 Å². The molecule has 0 spiro atoms. The molecular formula is C17H21N3O3. The largest absolute Gasteiger partial charge is 0.483 e. The number of ether oxygens (including phenoxy) is 1. The molecule has 2 aromatic rings. The molecule has 0 saturated heterocycles. The second-order valence-corrected chi connectivity index (χ2v) is 5.40. The standard InChI is InChI=1S/C17H21N3O3/c1-12-5-4-6-15(14(12)3)23-10-16(21)18-7-8-20-11-19-13(2)9-17(20)22/h4-6,9,11H,7-8,10H2,1-3H3,(H,18,21). The topological polar surface area (TPSA) is 73.2 Å². The van der Waals surface area contributed by atoms with E-state index in [1.54, 1.807) is 6.92 Å². The van der Waals surface area contributed by atoms with Gasteiger partial charge in [-0.2, -0.15) is 0 Å². The van der Waals surface area contributed by atoms with Crippen LogP contribution in [0.25, 0.3) is 0 Å². The molecule has 6 nitrogen and oxygen atoms in total. The summed E-state index contributed by atoms with van der Waals surface area (Å²) in [6, 6.07) is 7.20. The second kappa shape index (κ2) is 7.58. The van der Waals surface area contributed by atoms with Gasteiger partial charge in [-0.05, 0) is 38.0 Å². The zero-order valence-corrected chi connectivity index (χ0v) is 13.6. The van der Waals surface area contributed by atoms with Crippen molar-refractivity contribution in [3.05, 3.63) is 57.8 Å². The molecule has 1 aromatic carbocycles. The van der Waals surface area contributed by atoms with E-state index in [1.807, 2.05) is 32.0 Å². The molecule has 1 N–H and O–H groups in total. The molecular weight excluding hydrogens is 294 g/mol. The molecule has 1 amide bonds. The maximum Gasteiger partial charge on any atom is 0.258 e. The van der Waals surface area contributed by atoms with Crippen molar-refractivity contribution in [1.82, 2.24) is 14.9 Å². The Morgan fingerprint density at radius 1 is 1.30 bits per heavy atom. The SMILES string of the molecule is Cc1cc(=O)n(CCNC(=O)COc2cccc(C)c2C)cn1. The van der Waals surface area contributed by atoms with Crippen LogP contribution in [0.3, 0.4) is 0 Å². The van der Waals surface area contributed by atoms with Crippen molar-refractivity contribution in [1.29, 1.82) is 0 Å². The van der Waals surface area contributed by atoms with Crippen molar-refractivity contribution in [2.75, 3.05) is 13.2 Å². The average molecular weight is 315 g/mol. The molecule has 6 heteroatoms. The van der Waals surface area contributed by atoms with Gasteiger partial charge in [0.2, 0.25) is 0 Å². The monoisotopic (exact) mass is 315 g/mol. The summed E-state index contributed by atoms with van der Waals surface area (Å²) < 4.78 is 6.99. The zero-order valence-electron chi connectivity index (χ0n) is 13.6. The molecule has 1 aromatic heterocycles. The molecule has 0 atom stereocenters. The Bertz CT molecular complexity index is 753. The second-order valence-electron chi connectivity index (χ2n) is 5.40. The molecule has 23 heavy (non-hydrogen) atoms. The van der Waals surface area contributed by atoms with Gasteiger partial charge in [0, 0.05) is 24.8 Å². The number of amides is 1. The van der Waals surface area contributed by atoms with Gasteiger partial charge in [-0.1, -0.05) is 12.1 Å². The number of benzene rings is 1. The van der Waals surface area contributed by atoms with Gasteiger partial charge in [-0.15, -0.1) is 0 Å². The van der Waals surface area contributed by atoms with E-state index in [0.717, 1.165) is 11.1 Å². The number of nitrogens with one attached hydrogen (secondary N) is 1. The highest BCUT2D eigenvalue weighted by atomic mass is 16.5. The van der Waals surface area contributed by atoms with Gasteiger partial charge in [0.05, 0.1) is 6.33 Å². The summed E-state index contributed by atoms with van der Waals surface area (Å²) >= 11 is 0. The predicted octanol–water partition coefficient (Wildman–Crippen LogP) is 1.36. The van der Waals surface area contributed by atoms with E-state index >= 15 is 0 Å². The first-order chi connectivity index (χ1) is 11.0. The fourth-order valence-corrected chi connectivity index (χ4v) is 2.08. The number of aromatic nitrogens is 2. The van der Waals surface area contributed by atoms with Crippen molar-refractivity contribution >= 4 is 5.91 Å². The maximum atomic E-state index is 11.8. The Morgan fingerprint density at radius 2 is 2.09 bits per heavy atom. The fourth-order valence-electron chi connectivity index (χ4n) is 2.08. The normalized spacial score (nSPS) is 10.4. The molecule has 0 aliphatic carbocycles. The number of aryl methyl sites for hydroxylation is 2. The van der Waals surface area contributed by atoms with Crippen LogP contribution in [0.1, 0.15) is 16.8 Å². The van der Waals surface area contributed by atoms with Crippen LogP contribution in [0.4, 0.5) is 0 Å². The minimum absolute atomic E-state index is 0.0503. The summed E-state index contributed by atoms with van der Waals surface area (Å²) in [5.74, 6) is 0.484. The average Bonchev–Trinajstić information content (AvgIpc) is 2.51. The molecule has 2 rings (SSSR count). The summed E-state index contributed by atoms with van der Waals surface area (Å²) in [7, 11) is 0. The van der Waals surface area contributed by atoms with E-state index in [4.69, 9.17) is 4.74 Å². The van der Waals surface area contributed by atoms with E-state index < -0.39 is 0 Å². The molecule has 1 heterocycles. The van der Waals surface area contributed by atoms with Crippen LogP contribution in [0, 0.1) is 20.8 Å². The molecule has 0 aliphatic rings. The first-order valence-electron chi connectivity index (χ1n) is 7.46. The lowest BCUT2D eigenvalue weighted by molar-refractivity contribution is -0.123. The van der Waals surface area contributed by atoms with Crippen LogP contribution in [0.5, 0.6) is 5.75 Å². The van der Waals surface area contributed by atoms with Crippen molar-refractivity contribution < 1.29 is 9.53 Å². The Morgan fingerprint density at radius 3 is 2.83 bits per heavy atom. The van der Waals surface area contributed by atoms with Gasteiger partial charge in [-0.25, -0.2) is 4.98 Å². The Hall–Kier alpha value is -2.63. The van der Waals surface area contributed by atoms with Crippen molar-refractivity contribution in [3.63, 3.8) is 0 Å². The summed E-state index contributed by atoms with van der Waals surface area (Å²) in [4.78, 5) is 27.5. The molecule has 0 fully saturated rings. The van der Waals surface area contributed by atoms with Crippen LogP contribution >= 0.6 is 0 Å². The van der Waals surface area contributed by atoms with E-state index in [2.05, 4.69) is 10.3 Å². The summed E-state index contributed by atoms with van der Waals surface area (Å²) in [5, 5.41) is 2.73. The number of rotatable bonds is 6. The van der Waals surface area contributed by atoms with Crippen molar-refractivity contribution in [2.24, 2.45) is 0 Å². The van der Waals surface area contributed by atoms with Gasteiger partial charge in [0.15, 0.2) is 6.61 Å². The fraction of sp³-hybridized carbons (Fsp3) is 0.353. The van der Waals surface area contributed by atoms with Gasteiger partial charge in [-0.3, -0.25) is 14.2 Å². The molecule has 0 bridgehead atoms. The summed E-state index contributed by atoms with van der Waals surface area (Å²) in [6.07, 6.45) is 1.48. The lowest BCUT2D eigenvalue weighted by Crippen LogP contribution is -2.33. The Balaban J connectivity index is 1.79. The lowest BCUT2D eigenvalue weighted by atomic mass is 10.1. The number of nitrogens with zero attached hydrogens (tertiary/aromatic N) is 2. The first-order valence-corrected chi connectivity index (χ1v) is 7.46. The predicted molar refractivity (Wildman–Crippen MR) is 87.7 cm³/mol. The van der Waals surface area contributed by atoms with Gasteiger partial charge >= 0.3 is 0 Å². The number of hydrogen-bond donors (Lipinski definition) is 1. The highest BCUT2D eigenvalue weighted by Gasteiger charge is 2.06. The molecule has 0 aliphatic heterocycles. The molecule has 122 valence electrons. The van der Waals surface area contributed by atoms with Crippen molar-refractivity contribution in [2.45, 2.75) is 27.3 Å². The van der Waals surface area contributed by atoms with Crippen LogP contribution in [0.2, 0.25) is 0 Å². The van der Waals surface area contributed by atoms with E-state index in [-0.39, 0.29) is 18.1 Å². The van der Waals surface area contributed by atoms with Crippen LogP contribution in [-0.4, -0.2) is 28.6 Å². The third kappa shape index (κ3) is 4.67. The lowest BCUT2D eigenvalue weighted by Gasteiger charge is -2.11. The van der Waals surface area contributed by atoms with Crippen LogP contribution in [-0.2, 0) is 11.3 Å². The smallest absolute Gasteiger partial charge is 0.258 e. The minimum atomic E-state index is -0.223. The van der Waals surface area contributed by atoms with E-state index in [0.29, 0.717) is 24.5 Å². The minimum Gasteiger partial charge on any atom is -0.483 e. The van der Waals surface area contributed by atoms with Crippen LogP contribution < -0.4 is 15.6 Å². The molecule has 0 saturated carbocycles. The number of carbonyl (C=O) groups excluding carboxylic acids is 1. The number of hydrogen-bond acceptors (Lipinski definition) is 4. The van der Waals surface area contributed by atoms with Gasteiger partial charge in [0.25, 0.3) is 11.5 Å². The number of carbonyl (C=O) groups is 1. The zero-order chi connectivity index (χ0) is 16.8. The highest BCUT2D eigenvalue weighted by molar-refractivity contribution is 5.77. The summed E-state index contributed by atoms with van der Waals surface area (Å²) in [6.45, 7) is 6.39. The van der Waals surface area contributed by atoms with Crippen molar-refractivity contribution in [3.8, 4) is 5.75 Å². The molecule has 0 unspecified atom stereocenters. The van der Waals surface area contributed by atoms with Crippen LogP contribution in [0.15, 0.2) is 35.4 Å². The third-order valence-corrected chi connectivity index (χ3v) is 3.60. The maximum absolute atomic E-state index is 11.8. The third-order valence-electron chi connectivity index (χ3n) is 3.60. The van der Waals surface area contributed by atoms with Gasteiger partial charge < -0.3 is 10.1 Å². The highest BCUT2D eigenvalue weighted by Crippen LogP contribution is 2.20. The van der Waals surface area contributed by atoms with Gasteiger partial charge in [0.1, 0.15) is 5.75 Å².